The normalized spacial score (nSPS) is 21.8. The maximum Gasteiger partial charge on any atom is 0.234 e. The molecule has 4 nitrogen and oxygen atoms in total. The van der Waals surface area contributed by atoms with Crippen LogP contribution in [0.2, 0.25) is 0 Å². The number of ether oxygens (including phenoxy) is 1. The molecule has 1 saturated heterocycles. The first-order valence-corrected chi connectivity index (χ1v) is 6.29. The van der Waals surface area contributed by atoms with Gasteiger partial charge in [0.05, 0.1) is 13.2 Å². The van der Waals surface area contributed by atoms with E-state index in [0.717, 1.165) is 25.3 Å². The summed E-state index contributed by atoms with van der Waals surface area (Å²) < 4.78 is 5.15. The Morgan fingerprint density at radius 2 is 2.11 bits per heavy atom. The minimum Gasteiger partial charge on any atom is -0.497 e. The van der Waals surface area contributed by atoms with E-state index in [1.54, 1.807) is 7.11 Å². The van der Waals surface area contributed by atoms with Crippen LogP contribution in [0.1, 0.15) is 24.8 Å². The number of hydrogen-bond acceptors (Lipinski definition) is 3. The van der Waals surface area contributed by atoms with Crippen LogP contribution in [0.15, 0.2) is 24.3 Å². The molecule has 1 heterocycles. The Morgan fingerprint density at radius 3 is 2.67 bits per heavy atom. The number of hydrogen-bond donors (Lipinski definition) is 1. The van der Waals surface area contributed by atoms with Crippen LogP contribution in [0.3, 0.4) is 0 Å². The molecule has 98 valence electrons. The first-order valence-electron chi connectivity index (χ1n) is 6.29. The predicted molar refractivity (Wildman–Crippen MR) is 70.6 cm³/mol. The number of primary amides is 1. The smallest absolute Gasteiger partial charge is 0.234 e. The van der Waals surface area contributed by atoms with Crippen molar-refractivity contribution in [2.75, 3.05) is 20.2 Å². The van der Waals surface area contributed by atoms with Crippen LogP contribution in [0.4, 0.5) is 0 Å². The van der Waals surface area contributed by atoms with Crippen LogP contribution in [-0.2, 0) is 4.79 Å². The van der Waals surface area contributed by atoms with Crippen LogP contribution >= 0.6 is 0 Å². The van der Waals surface area contributed by atoms with Crippen molar-refractivity contribution in [1.29, 1.82) is 0 Å². The fourth-order valence-corrected chi connectivity index (χ4v) is 2.47. The summed E-state index contributed by atoms with van der Waals surface area (Å²) in [4.78, 5) is 13.3. The topological polar surface area (TPSA) is 55.6 Å². The first kappa shape index (κ1) is 12.9. The number of amides is 1. The molecule has 2 atom stereocenters. The lowest BCUT2D eigenvalue weighted by Gasteiger charge is -2.21. The van der Waals surface area contributed by atoms with Gasteiger partial charge < -0.3 is 10.5 Å². The van der Waals surface area contributed by atoms with Gasteiger partial charge in [0, 0.05) is 6.54 Å². The molecule has 1 fully saturated rings. The summed E-state index contributed by atoms with van der Waals surface area (Å²) in [5.74, 6) is 1.11. The average Bonchev–Trinajstić information content (AvgIpc) is 2.87. The molecular formula is C14H20N2O2. The Bertz CT molecular complexity index is 416. The zero-order valence-corrected chi connectivity index (χ0v) is 10.9. The van der Waals surface area contributed by atoms with E-state index in [1.807, 2.05) is 19.1 Å². The van der Waals surface area contributed by atoms with Crippen LogP contribution < -0.4 is 10.5 Å². The fraction of sp³-hybridized carbons (Fsp3) is 0.500. The Hall–Kier alpha value is -1.55. The van der Waals surface area contributed by atoms with Gasteiger partial charge in [0.25, 0.3) is 0 Å². The third kappa shape index (κ3) is 2.64. The quantitative estimate of drug-likeness (QED) is 0.875. The van der Waals surface area contributed by atoms with Crippen LogP contribution in [0.5, 0.6) is 5.75 Å². The van der Waals surface area contributed by atoms with Crippen LogP contribution in [-0.4, -0.2) is 37.0 Å². The van der Waals surface area contributed by atoms with Gasteiger partial charge in [-0.2, -0.15) is 0 Å². The van der Waals surface area contributed by atoms with Gasteiger partial charge in [0.1, 0.15) is 5.75 Å². The van der Waals surface area contributed by atoms with Crippen molar-refractivity contribution in [2.45, 2.75) is 25.3 Å². The highest BCUT2D eigenvalue weighted by molar-refractivity contribution is 5.79. The number of benzene rings is 1. The Balaban J connectivity index is 2.01. The monoisotopic (exact) mass is 248 g/mol. The fourth-order valence-electron chi connectivity index (χ4n) is 2.47. The molecular weight excluding hydrogens is 228 g/mol. The summed E-state index contributed by atoms with van der Waals surface area (Å²) >= 11 is 0. The molecule has 1 amide bonds. The predicted octanol–water partition coefficient (Wildman–Crippen LogP) is 1.36. The van der Waals surface area contributed by atoms with E-state index in [1.165, 1.54) is 5.56 Å². The van der Waals surface area contributed by atoms with Crippen molar-refractivity contribution in [1.82, 2.24) is 4.90 Å². The lowest BCUT2D eigenvalue weighted by atomic mass is 9.98. The highest BCUT2D eigenvalue weighted by Gasteiger charge is 2.29. The number of methoxy groups -OCH3 is 1. The maximum atomic E-state index is 11.2. The van der Waals surface area contributed by atoms with Gasteiger partial charge in [0.15, 0.2) is 0 Å². The Kier molecular flexibility index (Phi) is 3.87. The van der Waals surface area contributed by atoms with E-state index in [0.29, 0.717) is 5.92 Å². The van der Waals surface area contributed by atoms with Crippen molar-refractivity contribution in [3.05, 3.63) is 29.8 Å². The third-order valence-corrected chi connectivity index (χ3v) is 3.77. The van der Waals surface area contributed by atoms with E-state index < -0.39 is 0 Å². The molecule has 0 radical (unpaired) electrons. The third-order valence-electron chi connectivity index (χ3n) is 3.77. The number of rotatable bonds is 4. The average molecular weight is 248 g/mol. The van der Waals surface area contributed by atoms with Gasteiger partial charge in [0.2, 0.25) is 5.91 Å². The van der Waals surface area contributed by atoms with E-state index in [4.69, 9.17) is 10.5 Å². The minimum atomic E-state index is -0.245. The molecule has 0 aromatic heterocycles. The van der Waals surface area contributed by atoms with Crippen molar-refractivity contribution in [2.24, 2.45) is 5.73 Å². The zero-order chi connectivity index (χ0) is 13.1. The van der Waals surface area contributed by atoms with Crippen molar-refractivity contribution < 1.29 is 9.53 Å². The van der Waals surface area contributed by atoms with Crippen molar-refractivity contribution in [3.8, 4) is 5.75 Å². The second-order valence-corrected chi connectivity index (χ2v) is 4.83. The molecule has 0 spiro atoms. The summed E-state index contributed by atoms with van der Waals surface area (Å²) in [7, 11) is 1.67. The summed E-state index contributed by atoms with van der Waals surface area (Å²) in [5, 5.41) is 0. The standard InChI is InChI=1S/C14H20N2O2/c1-10(14(15)17)16-8-7-12(9-16)11-3-5-13(18-2)6-4-11/h3-6,10,12H,7-9H2,1-2H3,(H2,15,17). The summed E-state index contributed by atoms with van der Waals surface area (Å²) in [6.45, 7) is 3.70. The SMILES string of the molecule is COc1ccc(C2CCN(C(C)C(N)=O)C2)cc1. The van der Waals surface area contributed by atoms with Gasteiger partial charge in [-0.05, 0) is 43.5 Å². The van der Waals surface area contributed by atoms with Gasteiger partial charge >= 0.3 is 0 Å². The van der Waals surface area contributed by atoms with Gasteiger partial charge in [-0.1, -0.05) is 12.1 Å². The number of nitrogens with two attached hydrogens (primary N) is 1. The summed E-state index contributed by atoms with van der Waals surface area (Å²) in [5.41, 5.74) is 6.64. The molecule has 1 aliphatic heterocycles. The highest BCUT2D eigenvalue weighted by Crippen LogP contribution is 2.29. The van der Waals surface area contributed by atoms with Gasteiger partial charge in [-0.25, -0.2) is 0 Å². The minimum absolute atomic E-state index is 0.173. The van der Waals surface area contributed by atoms with E-state index in [-0.39, 0.29) is 11.9 Å². The molecule has 2 unspecified atom stereocenters. The maximum absolute atomic E-state index is 11.2. The second kappa shape index (κ2) is 5.40. The number of nitrogens with zero attached hydrogens (tertiary/aromatic N) is 1. The van der Waals surface area contributed by atoms with Crippen molar-refractivity contribution >= 4 is 5.91 Å². The molecule has 18 heavy (non-hydrogen) atoms. The van der Waals surface area contributed by atoms with E-state index >= 15 is 0 Å². The number of carbonyl (C=O) groups excluding carboxylic acids is 1. The van der Waals surface area contributed by atoms with Crippen LogP contribution in [0.25, 0.3) is 0 Å². The molecule has 4 heteroatoms. The zero-order valence-electron chi connectivity index (χ0n) is 10.9. The molecule has 2 rings (SSSR count). The molecule has 1 aromatic rings. The lowest BCUT2D eigenvalue weighted by Crippen LogP contribution is -2.41. The molecule has 0 aliphatic carbocycles. The summed E-state index contributed by atoms with van der Waals surface area (Å²) in [6, 6.07) is 7.99. The van der Waals surface area contributed by atoms with Gasteiger partial charge in [-0.15, -0.1) is 0 Å². The van der Waals surface area contributed by atoms with Crippen LogP contribution in [0, 0.1) is 0 Å². The van der Waals surface area contributed by atoms with E-state index in [2.05, 4.69) is 17.0 Å². The number of carbonyl (C=O) groups is 1. The highest BCUT2D eigenvalue weighted by atomic mass is 16.5. The number of likely N-dealkylation sites (tertiary alicyclic amines) is 1. The summed E-state index contributed by atoms with van der Waals surface area (Å²) in [6.07, 6.45) is 1.07. The Labute approximate surface area is 108 Å². The second-order valence-electron chi connectivity index (χ2n) is 4.83. The van der Waals surface area contributed by atoms with E-state index in [9.17, 15) is 4.79 Å². The van der Waals surface area contributed by atoms with Gasteiger partial charge in [-0.3, -0.25) is 9.69 Å². The molecule has 1 aromatic carbocycles. The lowest BCUT2D eigenvalue weighted by molar-refractivity contribution is -0.122. The first-order chi connectivity index (χ1) is 8.61. The molecule has 0 bridgehead atoms. The van der Waals surface area contributed by atoms with Crippen molar-refractivity contribution in [3.63, 3.8) is 0 Å². The molecule has 1 aliphatic rings. The molecule has 2 N–H and O–H groups in total. The Morgan fingerprint density at radius 1 is 1.44 bits per heavy atom. The largest absolute Gasteiger partial charge is 0.497 e. The molecule has 0 saturated carbocycles.